The lowest BCUT2D eigenvalue weighted by atomic mass is 10.3. The van der Waals surface area contributed by atoms with Gasteiger partial charge < -0.3 is 14.1 Å². The van der Waals surface area contributed by atoms with Crippen LogP contribution in [0.3, 0.4) is 0 Å². The monoisotopic (exact) mass is 306 g/mol. The average Bonchev–Trinajstić information content (AvgIpc) is 3.20. The molecule has 114 valence electrons. The van der Waals surface area contributed by atoms with Crippen LogP contribution in [-0.4, -0.2) is 24.6 Å². The van der Waals surface area contributed by atoms with Crippen molar-refractivity contribution in [2.24, 2.45) is 0 Å². The molecule has 4 aromatic rings. The largest absolute Gasteiger partial charge is 0.403 e. The van der Waals surface area contributed by atoms with Gasteiger partial charge in [-0.25, -0.2) is 4.98 Å². The van der Waals surface area contributed by atoms with Crippen LogP contribution in [0, 0.1) is 6.92 Å². The summed E-state index contributed by atoms with van der Waals surface area (Å²) < 4.78 is 7.66. The molecule has 1 N–H and O–H groups in total. The maximum atomic E-state index is 5.61. The second-order valence-electron chi connectivity index (χ2n) is 5.19. The molecule has 7 heteroatoms. The number of anilines is 1. The van der Waals surface area contributed by atoms with Gasteiger partial charge in [-0.05, 0) is 30.7 Å². The van der Waals surface area contributed by atoms with E-state index < -0.39 is 0 Å². The molecule has 0 saturated carbocycles. The molecule has 0 unspecified atom stereocenters. The molecule has 0 radical (unpaired) electrons. The van der Waals surface area contributed by atoms with E-state index in [1.54, 1.807) is 12.4 Å². The minimum absolute atomic E-state index is 0.374. The fraction of sp³-hybridized carbons (Fsp3) is 0.125. The number of rotatable bonds is 4. The van der Waals surface area contributed by atoms with Gasteiger partial charge in [-0.15, -0.1) is 5.10 Å². The Morgan fingerprint density at radius 3 is 2.87 bits per heavy atom. The number of hydrogen-bond acceptors (Lipinski definition) is 6. The molecule has 0 amide bonds. The van der Waals surface area contributed by atoms with Crippen LogP contribution in [0.5, 0.6) is 0 Å². The van der Waals surface area contributed by atoms with Crippen LogP contribution in [0.25, 0.3) is 17.1 Å². The van der Waals surface area contributed by atoms with E-state index in [9.17, 15) is 0 Å². The van der Waals surface area contributed by atoms with Crippen molar-refractivity contribution in [3.8, 4) is 11.5 Å². The fourth-order valence-corrected chi connectivity index (χ4v) is 2.34. The third kappa shape index (κ3) is 2.64. The second kappa shape index (κ2) is 5.53. The first-order chi connectivity index (χ1) is 11.3. The Labute approximate surface area is 132 Å². The van der Waals surface area contributed by atoms with Crippen molar-refractivity contribution in [2.75, 3.05) is 5.32 Å². The van der Waals surface area contributed by atoms with Crippen molar-refractivity contribution in [1.29, 1.82) is 0 Å². The SMILES string of the molecule is Cc1ccc2ncc(CNc3nnc(-c4ccncc4)o3)n2c1. The predicted octanol–water partition coefficient (Wildman–Crippen LogP) is 2.70. The second-order valence-corrected chi connectivity index (χ2v) is 5.19. The molecule has 0 saturated heterocycles. The highest BCUT2D eigenvalue weighted by molar-refractivity contribution is 5.52. The van der Waals surface area contributed by atoms with E-state index in [1.807, 2.05) is 34.9 Å². The summed E-state index contributed by atoms with van der Waals surface area (Å²) in [6, 6.07) is 8.06. The molecular weight excluding hydrogens is 292 g/mol. The third-order valence-electron chi connectivity index (χ3n) is 3.50. The molecule has 4 aromatic heterocycles. The number of nitrogens with zero attached hydrogens (tertiary/aromatic N) is 5. The molecule has 0 fully saturated rings. The maximum Gasteiger partial charge on any atom is 0.316 e. The minimum atomic E-state index is 0.374. The topological polar surface area (TPSA) is 81.1 Å². The van der Waals surface area contributed by atoms with Crippen LogP contribution < -0.4 is 5.32 Å². The molecule has 7 nitrogen and oxygen atoms in total. The molecule has 23 heavy (non-hydrogen) atoms. The first-order valence-electron chi connectivity index (χ1n) is 7.20. The van der Waals surface area contributed by atoms with Crippen LogP contribution in [0.4, 0.5) is 6.01 Å². The summed E-state index contributed by atoms with van der Waals surface area (Å²) >= 11 is 0. The van der Waals surface area contributed by atoms with E-state index in [2.05, 4.69) is 38.6 Å². The van der Waals surface area contributed by atoms with Gasteiger partial charge in [-0.1, -0.05) is 11.2 Å². The first-order valence-corrected chi connectivity index (χ1v) is 7.20. The van der Waals surface area contributed by atoms with Crippen LogP contribution in [0.2, 0.25) is 0 Å². The summed E-state index contributed by atoms with van der Waals surface area (Å²) in [7, 11) is 0. The summed E-state index contributed by atoms with van der Waals surface area (Å²) in [5, 5.41) is 11.2. The van der Waals surface area contributed by atoms with E-state index in [-0.39, 0.29) is 0 Å². The predicted molar refractivity (Wildman–Crippen MR) is 84.8 cm³/mol. The van der Waals surface area contributed by atoms with Crippen LogP contribution in [0.1, 0.15) is 11.3 Å². The first kappa shape index (κ1) is 13.4. The normalized spacial score (nSPS) is 11.0. The Bertz CT molecular complexity index is 944. The molecule has 0 aliphatic rings. The van der Waals surface area contributed by atoms with Gasteiger partial charge in [0.2, 0.25) is 5.89 Å². The van der Waals surface area contributed by atoms with E-state index in [4.69, 9.17) is 4.42 Å². The van der Waals surface area contributed by atoms with Gasteiger partial charge in [0.1, 0.15) is 5.65 Å². The Hall–Kier alpha value is -3.22. The molecular formula is C16H14N6O. The van der Waals surface area contributed by atoms with Gasteiger partial charge in [-0.2, -0.15) is 0 Å². The van der Waals surface area contributed by atoms with E-state index >= 15 is 0 Å². The number of aromatic nitrogens is 5. The van der Waals surface area contributed by atoms with E-state index in [0.717, 1.165) is 16.9 Å². The van der Waals surface area contributed by atoms with E-state index in [0.29, 0.717) is 18.5 Å². The molecule has 0 spiro atoms. The lowest BCUT2D eigenvalue weighted by molar-refractivity contribution is 0.580. The minimum Gasteiger partial charge on any atom is -0.403 e. The van der Waals surface area contributed by atoms with E-state index in [1.165, 1.54) is 5.56 Å². The highest BCUT2D eigenvalue weighted by atomic mass is 16.4. The van der Waals surface area contributed by atoms with Gasteiger partial charge in [0.15, 0.2) is 0 Å². The zero-order valence-corrected chi connectivity index (χ0v) is 12.5. The van der Waals surface area contributed by atoms with Crippen molar-refractivity contribution < 1.29 is 4.42 Å². The van der Waals surface area contributed by atoms with Crippen molar-refractivity contribution >= 4 is 11.7 Å². The van der Waals surface area contributed by atoms with Gasteiger partial charge in [0.25, 0.3) is 0 Å². The molecule has 0 atom stereocenters. The molecule has 0 aliphatic heterocycles. The number of aryl methyl sites for hydroxylation is 1. The number of nitrogens with one attached hydrogen (secondary N) is 1. The number of hydrogen-bond donors (Lipinski definition) is 1. The third-order valence-corrected chi connectivity index (χ3v) is 3.50. The summed E-state index contributed by atoms with van der Waals surface area (Å²) in [6.07, 6.45) is 7.26. The molecule has 0 aromatic carbocycles. The van der Waals surface area contributed by atoms with Crippen molar-refractivity contribution in [3.05, 3.63) is 60.3 Å². The lowest BCUT2D eigenvalue weighted by Gasteiger charge is -2.03. The molecule has 4 rings (SSSR count). The Kier molecular flexibility index (Phi) is 3.23. The van der Waals surface area contributed by atoms with Crippen LogP contribution >= 0.6 is 0 Å². The van der Waals surface area contributed by atoms with Crippen LogP contribution in [-0.2, 0) is 6.54 Å². The number of imidazole rings is 1. The molecule has 4 heterocycles. The quantitative estimate of drug-likeness (QED) is 0.624. The summed E-state index contributed by atoms with van der Waals surface area (Å²) in [4.78, 5) is 8.34. The van der Waals surface area contributed by atoms with Gasteiger partial charge >= 0.3 is 6.01 Å². The average molecular weight is 306 g/mol. The standard InChI is InChI=1S/C16H14N6O/c1-11-2-3-14-18-8-13(22(14)10-11)9-19-16-21-20-15(23-16)12-4-6-17-7-5-12/h2-8,10H,9H2,1H3,(H,19,21). The molecule has 0 aliphatic carbocycles. The zero-order valence-electron chi connectivity index (χ0n) is 12.5. The van der Waals surface area contributed by atoms with Gasteiger partial charge in [0.05, 0.1) is 18.4 Å². The van der Waals surface area contributed by atoms with Crippen molar-refractivity contribution in [2.45, 2.75) is 13.5 Å². The maximum absolute atomic E-state index is 5.61. The smallest absolute Gasteiger partial charge is 0.316 e. The van der Waals surface area contributed by atoms with Crippen molar-refractivity contribution in [3.63, 3.8) is 0 Å². The molecule has 0 bridgehead atoms. The van der Waals surface area contributed by atoms with Crippen LogP contribution in [0.15, 0.2) is 53.5 Å². The summed E-state index contributed by atoms with van der Waals surface area (Å²) in [5.41, 5.74) is 3.95. The van der Waals surface area contributed by atoms with Gasteiger partial charge in [-0.3, -0.25) is 4.98 Å². The Balaban J connectivity index is 1.53. The fourth-order valence-electron chi connectivity index (χ4n) is 2.34. The Morgan fingerprint density at radius 1 is 1.13 bits per heavy atom. The highest BCUT2D eigenvalue weighted by Crippen LogP contribution is 2.19. The number of fused-ring (bicyclic) bond motifs is 1. The summed E-state index contributed by atoms with van der Waals surface area (Å²) in [5.74, 6) is 0.462. The Morgan fingerprint density at radius 2 is 2.00 bits per heavy atom. The zero-order chi connectivity index (χ0) is 15.6. The van der Waals surface area contributed by atoms with Crippen molar-refractivity contribution in [1.82, 2.24) is 24.6 Å². The lowest BCUT2D eigenvalue weighted by Crippen LogP contribution is -2.03. The van der Waals surface area contributed by atoms with Gasteiger partial charge in [0, 0.05) is 24.2 Å². The highest BCUT2D eigenvalue weighted by Gasteiger charge is 2.09. The number of pyridine rings is 2. The summed E-state index contributed by atoms with van der Waals surface area (Å²) in [6.45, 7) is 2.60.